The number of amides is 2. The highest BCUT2D eigenvalue weighted by molar-refractivity contribution is 5.94. The highest BCUT2D eigenvalue weighted by Gasteiger charge is 2.12. The molecule has 20 heavy (non-hydrogen) atoms. The van der Waals surface area contributed by atoms with E-state index >= 15 is 0 Å². The van der Waals surface area contributed by atoms with E-state index in [2.05, 4.69) is 10.6 Å². The zero-order chi connectivity index (χ0) is 14.4. The van der Waals surface area contributed by atoms with E-state index in [0.717, 1.165) is 19.5 Å². The van der Waals surface area contributed by atoms with Crippen LogP contribution in [0.15, 0.2) is 18.2 Å². The number of rotatable bonds is 6. The van der Waals surface area contributed by atoms with Crippen molar-refractivity contribution in [3.8, 4) is 0 Å². The zero-order valence-corrected chi connectivity index (χ0v) is 11.3. The molecule has 0 spiro atoms. The van der Waals surface area contributed by atoms with Crippen molar-refractivity contribution >= 4 is 11.8 Å². The van der Waals surface area contributed by atoms with Crippen LogP contribution in [0.25, 0.3) is 0 Å². The molecule has 108 valence electrons. The predicted octanol–water partition coefficient (Wildman–Crippen LogP) is -0.436. The van der Waals surface area contributed by atoms with Crippen LogP contribution in [0, 0.1) is 0 Å². The van der Waals surface area contributed by atoms with E-state index in [1.807, 2.05) is 18.2 Å². The van der Waals surface area contributed by atoms with Crippen molar-refractivity contribution < 1.29 is 14.3 Å². The maximum absolute atomic E-state index is 11.9. The molecule has 1 heterocycles. The number of nitrogens with one attached hydrogen (secondary N) is 2. The highest BCUT2D eigenvalue weighted by atomic mass is 16.5. The Hall–Kier alpha value is -1.92. The number of carbonyl (C=O) groups is 2. The molecule has 0 aromatic heterocycles. The molecule has 0 fully saturated rings. The number of ether oxygens (including phenoxy) is 1. The van der Waals surface area contributed by atoms with Gasteiger partial charge in [0.2, 0.25) is 5.91 Å². The average Bonchev–Trinajstić information content (AvgIpc) is 2.46. The third kappa shape index (κ3) is 4.04. The van der Waals surface area contributed by atoms with Crippen LogP contribution in [0.1, 0.15) is 21.5 Å². The van der Waals surface area contributed by atoms with Crippen LogP contribution in [-0.2, 0) is 22.5 Å². The molecule has 0 bridgehead atoms. The van der Waals surface area contributed by atoms with Crippen LogP contribution in [-0.4, -0.2) is 38.1 Å². The molecular weight excluding hydrogens is 258 g/mol. The van der Waals surface area contributed by atoms with Gasteiger partial charge in [0.1, 0.15) is 6.61 Å². The molecule has 6 nitrogen and oxygen atoms in total. The second-order valence-electron chi connectivity index (χ2n) is 4.69. The second kappa shape index (κ2) is 7.02. The van der Waals surface area contributed by atoms with Gasteiger partial charge in [0.05, 0.1) is 6.61 Å². The quantitative estimate of drug-likeness (QED) is 0.615. The van der Waals surface area contributed by atoms with Crippen molar-refractivity contribution in [3.05, 3.63) is 34.9 Å². The van der Waals surface area contributed by atoms with Crippen molar-refractivity contribution in [1.82, 2.24) is 10.6 Å². The first-order valence-electron chi connectivity index (χ1n) is 6.63. The van der Waals surface area contributed by atoms with Gasteiger partial charge in [-0.05, 0) is 36.2 Å². The lowest BCUT2D eigenvalue weighted by Gasteiger charge is -2.17. The van der Waals surface area contributed by atoms with Gasteiger partial charge < -0.3 is 21.1 Å². The second-order valence-corrected chi connectivity index (χ2v) is 4.69. The minimum absolute atomic E-state index is 0.125. The van der Waals surface area contributed by atoms with Crippen LogP contribution in [0.5, 0.6) is 0 Å². The molecule has 0 saturated heterocycles. The van der Waals surface area contributed by atoms with Crippen molar-refractivity contribution in [1.29, 1.82) is 0 Å². The first-order chi connectivity index (χ1) is 9.66. The van der Waals surface area contributed by atoms with Crippen molar-refractivity contribution in [3.63, 3.8) is 0 Å². The number of hydrogen-bond donors (Lipinski definition) is 3. The van der Waals surface area contributed by atoms with E-state index in [1.165, 1.54) is 11.1 Å². The Bertz CT molecular complexity index is 502. The summed E-state index contributed by atoms with van der Waals surface area (Å²) in [6, 6.07) is 5.76. The van der Waals surface area contributed by atoms with Crippen molar-refractivity contribution in [2.45, 2.75) is 13.0 Å². The van der Waals surface area contributed by atoms with E-state index in [4.69, 9.17) is 10.5 Å². The lowest BCUT2D eigenvalue weighted by molar-refractivity contribution is -0.122. The van der Waals surface area contributed by atoms with E-state index in [9.17, 15) is 9.59 Å². The van der Waals surface area contributed by atoms with E-state index in [1.54, 1.807) is 0 Å². The molecular formula is C14H19N3O3. The Balaban J connectivity index is 1.82. The summed E-state index contributed by atoms with van der Waals surface area (Å²) in [5.74, 6) is -0.653. The van der Waals surface area contributed by atoms with Crippen LogP contribution >= 0.6 is 0 Å². The lowest BCUT2D eigenvalue weighted by Crippen LogP contribution is -2.29. The zero-order valence-electron chi connectivity index (χ0n) is 11.3. The monoisotopic (exact) mass is 277 g/mol. The van der Waals surface area contributed by atoms with Gasteiger partial charge in [0.25, 0.3) is 5.91 Å². The third-order valence-corrected chi connectivity index (χ3v) is 3.13. The maximum atomic E-state index is 11.9. The Morgan fingerprint density at radius 3 is 3.00 bits per heavy atom. The summed E-state index contributed by atoms with van der Waals surface area (Å²) < 4.78 is 4.97. The fourth-order valence-electron chi connectivity index (χ4n) is 2.13. The van der Waals surface area contributed by atoms with Crippen LogP contribution in [0.4, 0.5) is 0 Å². The molecule has 1 aromatic rings. The molecule has 6 heteroatoms. The molecule has 0 unspecified atom stereocenters. The average molecular weight is 277 g/mol. The SMILES string of the molecule is NC(=O)COCCNC(=O)c1ccc2c(c1)CNCC2. The molecule has 0 saturated carbocycles. The molecule has 1 aromatic carbocycles. The highest BCUT2D eigenvalue weighted by Crippen LogP contribution is 2.15. The summed E-state index contributed by atoms with van der Waals surface area (Å²) in [7, 11) is 0. The molecule has 0 radical (unpaired) electrons. The van der Waals surface area contributed by atoms with E-state index in [-0.39, 0.29) is 19.1 Å². The summed E-state index contributed by atoms with van der Waals surface area (Å²) in [5.41, 5.74) is 8.05. The summed E-state index contributed by atoms with van der Waals surface area (Å²) >= 11 is 0. The Kier molecular flexibility index (Phi) is 5.09. The molecule has 4 N–H and O–H groups in total. The summed E-state index contributed by atoms with van der Waals surface area (Å²) in [5, 5.41) is 6.03. The molecule has 0 aliphatic carbocycles. The minimum atomic E-state index is -0.515. The topological polar surface area (TPSA) is 93.5 Å². The van der Waals surface area contributed by atoms with Crippen LogP contribution in [0.3, 0.4) is 0 Å². The van der Waals surface area contributed by atoms with Gasteiger partial charge in [0, 0.05) is 18.7 Å². The maximum Gasteiger partial charge on any atom is 0.251 e. The fraction of sp³-hybridized carbons (Fsp3) is 0.429. The number of primary amides is 1. The minimum Gasteiger partial charge on any atom is -0.370 e. The van der Waals surface area contributed by atoms with Crippen LogP contribution < -0.4 is 16.4 Å². The molecule has 1 aliphatic rings. The molecule has 2 amide bonds. The van der Waals surface area contributed by atoms with Gasteiger partial charge in [0.15, 0.2) is 0 Å². The van der Waals surface area contributed by atoms with E-state index in [0.29, 0.717) is 12.1 Å². The number of fused-ring (bicyclic) bond motifs is 1. The number of nitrogens with two attached hydrogens (primary N) is 1. The fourth-order valence-corrected chi connectivity index (χ4v) is 2.13. The Morgan fingerprint density at radius 1 is 1.35 bits per heavy atom. The number of hydrogen-bond acceptors (Lipinski definition) is 4. The summed E-state index contributed by atoms with van der Waals surface area (Å²) in [4.78, 5) is 22.4. The predicted molar refractivity (Wildman–Crippen MR) is 74.2 cm³/mol. The first kappa shape index (κ1) is 14.5. The molecule has 2 rings (SSSR count). The normalized spacial score (nSPS) is 13.6. The van der Waals surface area contributed by atoms with Gasteiger partial charge in [-0.1, -0.05) is 6.07 Å². The van der Waals surface area contributed by atoms with Gasteiger partial charge in [-0.25, -0.2) is 0 Å². The Morgan fingerprint density at radius 2 is 2.20 bits per heavy atom. The van der Waals surface area contributed by atoms with Crippen molar-refractivity contribution in [2.75, 3.05) is 26.3 Å². The van der Waals surface area contributed by atoms with E-state index < -0.39 is 5.91 Å². The van der Waals surface area contributed by atoms with Gasteiger partial charge in [-0.3, -0.25) is 9.59 Å². The first-order valence-corrected chi connectivity index (χ1v) is 6.63. The van der Waals surface area contributed by atoms with Gasteiger partial charge in [-0.2, -0.15) is 0 Å². The van der Waals surface area contributed by atoms with Gasteiger partial charge in [-0.15, -0.1) is 0 Å². The summed E-state index contributed by atoms with van der Waals surface area (Å²) in [6.45, 7) is 2.27. The lowest BCUT2D eigenvalue weighted by atomic mass is 9.98. The third-order valence-electron chi connectivity index (χ3n) is 3.13. The number of carbonyl (C=O) groups excluding carboxylic acids is 2. The van der Waals surface area contributed by atoms with Gasteiger partial charge >= 0.3 is 0 Å². The standard InChI is InChI=1S/C14H19N3O3/c15-13(18)9-20-6-5-17-14(19)11-2-1-10-3-4-16-8-12(10)7-11/h1-2,7,16H,3-6,8-9H2,(H2,15,18)(H,17,19). The summed E-state index contributed by atoms with van der Waals surface area (Å²) in [6.07, 6.45) is 0.998. The van der Waals surface area contributed by atoms with Crippen LogP contribution in [0.2, 0.25) is 0 Å². The smallest absolute Gasteiger partial charge is 0.251 e. The Labute approximate surface area is 117 Å². The van der Waals surface area contributed by atoms with Crippen molar-refractivity contribution in [2.24, 2.45) is 5.73 Å². The molecule has 1 aliphatic heterocycles. The largest absolute Gasteiger partial charge is 0.370 e. The molecule has 0 atom stereocenters. The number of benzene rings is 1.